The van der Waals surface area contributed by atoms with E-state index in [-0.39, 0.29) is 5.91 Å². The average Bonchev–Trinajstić information content (AvgIpc) is 2.59. The minimum atomic E-state index is -0.230. The van der Waals surface area contributed by atoms with E-state index in [0.717, 1.165) is 22.6 Å². The zero-order valence-corrected chi connectivity index (χ0v) is 13.7. The number of aromatic nitrogens is 1. The van der Waals surface area contributed by atoms with Crippen LogP contribution in [0, 0.1) is 13.8 Å². The van der Waals surface area contributed by atoms with Crippen molar-refractivity contribution >= 4 is 23.0 Å². The number of hydrogen-bond donors (Lipinski definition) is 2. The summed E-state index contributed by atoms with van der Waals surface area (Å²) in [5.41, 5.74) is 5.26. The maximum atomic E-state index is 12.3. The molecule has 2 aromatic carbocycles. The van der Waals surface area contributed by atoms with Gasteiger partial charge in [-0.25, -0.2) is 0 Å². The van der Waals surface area contributed by atoms with Crippen molar-refractivity contribution in [2.45, 2.75) is 13.8 Å². The summed E-state index contributed by atoms with van der Waals surface area (Å²) in [5.74, 6) is -0.230. The minimum Gasteiger partial charge on any atom is -0.355 e. The molecule has 0 aliphatic rings. The molecule has 1 aromatic heterocycles. The highest BCUT2D eigenvalue weighted by molar-refractivity contribution is 6.03. The highest BCUT2D eigenvalue weighted by Gasteiger charge is 2.08. The molecule has 0 radical (unpaired) electrons. The number of hydrogen-bond acceptors (Lipinski definition) is 3. The molecule has 0 spiro atoms. The van der Waals surface area contributed by atoms with Crippen molar-refractivity contribution in [2.24, 2.45) is 0 Å². The second kappa shape index (κ2) is 6.96. The summed E-state index contributed by atoms with van der Waals surface area (Å²) < 4.78 is 0. The van der Waals surface area contributed by atoms with E-state index in [1.54, 1.807) is 12.3 Å². The number of amides is 1. The molecule has 0 unspecified atom stereocenters. The first-order chi connectivity index (χ1) is 11.6. The first-order valence-electron chi connectivity index (χ1n) is 7.78. The number of carbonyl (C=O) groups is 1. The summed E-state index contributed by atoms with van der Waals surface area (Å²) in [5, 5.41) is 6.13. The maximum Gasteiger partial charge on any atom is 0.274 e. The van der Waals surface area contributed by atoms with Gasteiger partial charge in [0.05, 0.1) is 0 Å². The molecule has 0 saturated heterocycles. The van der Waals surface area contributed by atoms with Gasteiger partial charge < -0.3 is 10.6 Å². The van der Waals surface area contributed by atoms with Crippen molar-refractivity contribution in [1.29, 1.82) is 0 Å². The molecule has 3 aromatic rings. The van der Waals surface area contributed by atoms with Gasteiger partial charge in [0.25, 0.3) is 5.91 Å². The van der Waals surface area contributed by atoms with Crippen LogP contribution in [-0.4, -0.2) is 10.9 Å². The van der Waals surface area contributed by atoms with Crippen LogP contribution in [0.5, 0.6) is 0 Å². The van der Waals surface area contributed by atoms with Gasteiger partial charge >= 0.3 is 0 Å². The number of anilines is 3. The third-order valence-electron chi connectivity index (χ3n) is 3.64. The molecule has 24 heavy (non-hydrogen) atoms. The van der Waals surface area contributed by atoms with Crippen LogP contribution in [-0.2, 0) is 0 Å². The minimum absolute atomic E-state index is 0.230. The van der Waals surface area contributed by atoms with E-state index in [2.05, 4.69) is 15.6 Å². The second-order valence-electron chi connectivity index (χ2n) is 5.74. The molecule has 3 rings (SSSR count). The maximum absolute atomic E-state index is 12.3. The topological polar surface area (TPSA) is 54.0 Å². The van der Waals surface area contributed by atoms with Crippen LogP contribution in [0.15, 0.2) is 66.9 Å². The van der Waals surface area contributed by atoms with Crippen LogP contribution < -0.4 is 10.6 Å². The second-order valence-corrected chi connectivity index (χ2v) is 5.74. The van der Waals surface area contributed by atoms with Crippen LogP contribution in [0.1, 0.15) is 21.6 Å². The zero-order valence-electron chi connectivity index (χ0n) is 13.7. The van der Waals surface area contributed by atoms with Gasteiger partial charge in [-0.15, -0.1) is 0 Å². The van der Waals surface area contributed by atoms with Crippen LogP contribution in [0.3, 0.4) is 0 Å². The number of aryl methyl sites for hydroxylation is 2. The van der Waals surface area contributed by atoms with Gasteiger partial charge in [0.15, 0.2) is 0 Å². The normalized spacial score (nSPS) is 10.2. The molecule has 0 aliphatic carbocycles. The van der Waals surface area contributed by atoms with Crippen molar-refractivity contribution in [3.63, 3.8) is 0 Å². The van der Waals surface area contributed by atoms with Gasteiger partial charge in [0.1, 0.15) is 5.69 Å². The first kappa shape index (κ1) is 15.7. The Morgan fingerprint density at radius 2 is 1.38 bits per heavy atom. The fourth-order valence-corrected chi connectivity index (χ4v) is 2.27. The lowest BCUT2D eigenvalue weighted by Crippen LogP contribution is -2.13. The zero-order chi connectivity index (χ0) is 16.9. The van der Waals surface area contributed by atoms with Crippen molar-refractivity contribution in [3.05, 3.63) is 83.7 Å². The molecular formula is C20H19N3O. The summed E-state index contributed by atoms with van der Waals surface area (Å²) in [6.45, 7) is 4.05. The van der Waals surface area contributed by atoms with Crippen LogP contribution in [0.2, 0.25) is 0 Å². The first-order valence-corrected chi connectivity index (χ1v) is 7.78. The standard InChI is InChI=1S/C20H19N3O/c1-14-3-7-16(8-4-14)22-18-11-12-21-19(13-18)20(24)23-17-9-5-15(2)6-10-17/h3-13H,1-2H3,(H,21,22)(H,23,24). The molecule has 0 bridgehead atoms. The Morgan fingerprint density at radius 3 is 2.00 bits per heavy atom. The Kier molecular flexibility index (Phi) is 4.57. The van der Waals surface area contributed by atoms with Gasteiger partial charge in [-0.3, -0.25) is 9.78 Å². The number of pyridine rings is 1. The van der Waals surface area contributed by atoms with Crippen molar-refractivity contribution < 1.29 is 4.79 Å². The van der Waals surface area contributed by atoms with Crippen molar-refractivity contribution in [2.75, 3.05) is 10.6 Å². The lowest BCUT2D eigenvalue weighted by molar-refractivity contribution is 0.102. The number of benzene rings is 2. The SMILES string of the molecule is Cc1ccc(NC(=O)c2cc(Nc3ccc(C)cc3)ccn2)cc1. The van der Waals surface area contributed by atoms with Gasteiger partial charge in [-0.05, 0) is 50.2 Å². The molecule has 0 fully saturated rings. The Bertz CT molecular complexity index is 840. The highest BCUT2D eigenvalue weighted by atomic mass is 16.1. The van der Waals surface area contributed by atoms with Gasteiger partial charge in [0.2, 0.25) is 0 Å². The van der Waals surface area contributed by atoms with Crippen molar-refractivity contribution in [3.8, 4) is 0 Å². The highest BCUT2D eigenvalue weighted by Crippen LogP contribution is 2.18. The Hall–Kier alpha value is -3.14. The fraction of sp³-hybridized carbons (Fsp3) is 0.100. The molecule has 4 heteroatoms. The van der Waals surface area contributed by atoms with E-state index in [1.807, 2.05) is 68.4 Å². The third-order valence-corrected chi connectivity index (χ3v) is 3.64. The number of rotatable bonds is 4. The Morgan fingerprint density at radius 1 is 0.792 bits per heavy atom. The largest absolute Gasteiger partial charge is 0.355 e. The average molecular weight is 317 g/mol. The quantitative estimate of drug-likeness (QED) is 0.733. The van der Waals surface area contributed by atoms with E-state index in [1.165, 1.54) is 5.56 Å². The van der Waals surface area contributed by atoms with Gasteiger partial charge in [-0.1, -0.05) is 35.4 Å². The molecule has 0 saturated carbocycles. The summed E-state index contributed by atoms with van der Waals surface area (Å²) in [4.78, 5) is 16.5. The smallest absolute Gasteiger partial charge is 0.274 e. The van der Waals surface area contributed by atoms with Crippen LogP contribution >= 0.6 is 0 Å². The van der Waals surface area contributed by atoms with E-state index in [9.17, 15) is 4.79 Å². The fourth-order valence-electron chi connectivity index (χ4n) is 2.27. The molecule has 1 amide bonds. The summed E-state index contributed by atoms with van der Waals surface area (Å²) in [6.07, 6.45) is 1.63. The molecule has 120 valence electrons. The Balaban J connectivity index is 1.73. The predicted octanol–water partition coefficient (Wildman–Crippen LogP) is 4.69. The summed E-state index contributed by atoms with van der Waals surface area (Å²) >= 11 is 0. The molecule has 2 N–H and O–H groups in total. The van der Waals surface area contributed by atoms with Gasteiger partial charge in [0, 0.05) is 23.3 Å². The van der Waals surface area contributed by atoms with Crippen LogP contribution in [0.4, 0.5) is 17.1 Å². The van der Waals surface area contributed by atoms with Crippen LogP contribution in [0.25, 0.3) is 0 Å². The number of nitrogens with one attached hydrogen (secondary N) is 2. The molecule has 0 aliphatic heterocycles. The van der Waals surface area contributed by atoms with E-state index >= 15 is 0 Å². The van der Waals surface area contributed by atoms with E-state index < -0.39 is 0 Å². The summed E-state index contributed by atoms with van der Waals surface area (Å²) in [6, 6.07) is 19.3. The number of nitrogens with zero attached hydrogens (tertiary/aromatic N) is 1. The Labute approximate surface area is 141 Å². The van der Waals surface area contributed by atoms with Crippen molar-refractivity contribution in [1.82, 2.24) is 4.98 Å². The molecule has 0 atom stereocenters. The van der Waals surface area contributed by atoms with Gasteiger partial charge in [-0.2, -0.15) is 0 Å². The molecule has 4 nitrogen and oxygen atoms in total. The summed E-state index contributed by atoms with van der Waals surface area (Å²) in [7, 11) is 0. The molecule has 1 heterocycles. The lowest BCUT2D eigenvalue weighted by atomic mass is 10.2. The third kappa shape index (κ3) is 3.98. The predicted molar refractivity (Wildman–Crippen MR) is 97.8 cm³/mol. The van der Waals surface area contributed by atoms with E-state index in [4.69, 9.17) is 0 Å². The lowest BCUT2D eigenvalue weighted by Gasteiger charge is -2.09. The van der Waals surface area contributed by atoms with E-state index in [0.29, 0.717) is 5.69 Å². The molecular weight excluding hydrogens is 298 g/mol. The number of carbonyl (C=O) groups excluding carboxylic acids is 1. The monoisotopic (exact) mass is 317 g/mol.